The smallest absolute Gasteiger partial charge is 0.284 e. The number of terminal acetylenes is 1. The van der Waals surface area contributed by atoms with E-state index in [0.717, 1.165) is 16.3 Å². The van der Waals surface area contributed by atoms with Gasteiger partial charge in [0, 0.05) is 0 Å². The zero-order valence-corrected chi connectivity index (χ0v) is 16.5. The molecule has 4 rings (SSSR count). The Hall–Kier alpha value is -3.43. The molecule has 1 aromatic heterocycles. The summed E-state index contributed by atoms with van der Waals surface area (Å²) in [7, 11) is 0. The predicted octanol–water partition coefficient (Wildman–Crippen LogP) is 4.77. The molecule has 0 aliphatic rings. The highest BCUT2D eigenvalue weighted by molar-refractivity contribution is 7.16. The number of fused-ring (bicyclic) bond motifs is 2. The highest BCUT2D eigenvalue weighted by atomic mass is 32.1. The topological polar surface area (TPSA) is 43.6 Å². The Labute approximate surface area is 170 Å². The van der Waals surface area contributed by atoms with Crippen molar-refractivity contribution in [3.05, 3.63) is 70.8 Å². The maximum Gasteiger partial charge on any atom is 0.284 e. The van der Waals surface area contributed by atoms with E-state index < -0.39 is 5.91 Å². The van der Waals surface area contributed by atoms with E-state index in [1.165, 1.54) is 23.5 Å². The molecule has 0 N–H and O–H groups in total. The Kier molecular flexibility index (Phi) is 5.15. The number of carbonyl (C=O) groups excluding carboxylic acids is 1. The first-order valence-corrected chi connectivity index (χ1v) is 9.90. The third-order valence-electron chi connectivity index (χ3n) is 4.50. The fourth-order valence-electron chi connectivity index (χ4n) is 3.27. The van der Waals surface area contributed by atoms with Crippen molar-refractivity contribution >= 4 is 38.2 Å². The van der Waals surface area contributed by atoms with Crippen LogP contribution >= 0.6 is 11.3 Å². The van der Waals surface area contributed by atoms with E-state index in [0.29, 0.717) is 27.4 Å². The van der Waals surface area contributed by atoms with Crippen molar-refractivity contribution in [2.75, 3.05) is 6.61 Å². The summed E-state index contributed by atoms with van der Waals surface area (Å²) >= 11 is 1.22. The van der Waals surface area contributed by atoms with Crippen LogP contribution in [-0.2, 0) is 6.54 Å². The van der Waals surface area contributed by atoms with Gasteiger partial charge in [-0.3, -0.25) is 4.79 Å². The van der Waals surface area contributed by atoms with Gasteiger partial charge in [0.2, 0.25) is 0 Å². The van der Waals surface area contributed by atoms with Crippen molar-refractivity contribution < 1.29 is 13.9 Å². The van der Waals surface area contributed by atoms with Gasteiger partial charge in [0.15, 0.2) is 4.80 Å². The maximum absolute atomic E-state index is 13.6. The monoisotopic (exact) mass is 404 g/mol. The molecule has 1 amide bonds. The largest absolute Gasteiger partial charge is 0.493 e. The predicted molar refractivity (Wildman–Crippen MR) is 114 cm³/mol. The molecule has 0 bridgehead atoms. The minimum absolute atomic E-state index is 0.228. The van der Waals surface area contributed by atoms with E-state index in [1.54, 1.807) is 16.7 Å². The lowest BCUT2D eigenvalue weighted by Crippen LogP contribution is -2.17. The van der Waals surface area contributed by atoms with Crippen LogP contribution in [0.2, 0.25) is 0 Å². The first-order chi connectivity index (χ1) is 14.1. The number of hydrogen-bond donors (Lipinski definition) is 0. The first kappa shape index (κ1) is 18.9. The molecule has 0 aliphatic heterocycles. The SMILES string of the molecule is C#CCn1c(=NC(=O)c2c(OCC)ccc3ccccc23)sc2cc(F)ccc21. The van der Waals surface area contributed by atoms with E-state index in [9.17, 15) is 9.18 Å². The van der Waals surface area contributed by atoms with E-state index in [4.69, 9.17) is 11.2 Å². The van der Waals surface area contributed by atoms with Crippen molar-refractivity contribution in [1.29, 1.82) is 0 Å². The van der Waals surface area contributed by atoms with Crippen LogP contribution in [0.3, 0.4) is 0 Å². The third-order valence-corrected chi connectivity index (χ3v) is 5.54. The zero-order valence-electron chi connectivity index (χ0n) is 15.7. The summed E-state index contributed by atoms with van der Waals surface area (Å²) in [6.45, 7) is 2.52. The number of halogens is 1. The van der Waals surface area contributed by atoms with E-state index in [1.807, 2.05) is 37.3 Å². The number of nitrogens with zero attached hydrogens (tertiary/aromatic N) is 2. The number of benzene rings is 3. The second kappa shape index (κ2) is 7.90. The molecular formula is C23H17FN2O2S. The van der Waals surface area contributed by atoms with Crippen LogP contribution in [0.15, 0.2) is 59.6 Å². The van der Waals surface area contributed by atoms with Gasteiger partial charge in [-0.05, 0) is 42.0 Å². The number of aromatic nitrogens is 1. The van der Waals surface area contributed by atoms with Crippen molar-refractivity contribution in [3.63, 3.8) is 0 Å². The number of thiazole rings is 1. The molecular weight excluding hydrogens is 387 g/mol. The lowest BCUT2D eigenvalue weighted by Gasteiger charge is -2.10. The van der Waals surface area contributed by atoms with Crippen LogP contribution in [-0.4, -0.2) is 17.1 Å². The molecule has 0 spiro atoms. The molecule has 1 heterocycles. The summed E-state index contributed by atoms with van der Waals surface area (Å²) in [4.78, 5) is 18.0. The minimum atomic E-state index is -0.428. The second-order valence-corrected chi connectivity index (χ2v) is 7.31. The number of amides is 1. The summed E-state index contributed by atoms with van der Waals surface area (Å²) in [5, 5.41) is 1.69. The van der Waals surface area contributed by atoms with Gasteiger partial charge in [-0.15, -0.1) is 6.42 Å². The van der Waals surface area contributed by atoms with E-state index in [2.05, 4.69) is 10.9 Å². The Morgan fingerprint density at radius 1 is 1.24 bits per heavy atom. The van der Waals surface area contributed by atoms with Crippen molar-refractivity contribution in [3.8, 4) is 18.1 Å². The summed E-state index contributed by atoms with van der Waals surface area (Å²) in [5.74, 6) is 2.28. The quantitative estimate of drug-likeness (QED) is 0.460. The summed E-state index contributed by atoms with van der Waals surface area (Å²) in [6, 6.07) is 15.7. The Morgan fingerprint density at radius 3 is 2.86 bits per heavy atom. The Morgan fingerprint density at radius 2 is 2.07 bits per heavy atom. The lowest BCUT2D eigenvalue weighted by atomic mass is 10.0. The number of carbonyl (C=O) groups is 1. The maximum atomic E-state index is 13.6. The fraction of sp³-hybridized carbons (Fsp3) is 0.130. The molecule has 0 unspecified atom stereocenters. The molecule has 0 radical (unpaired) electrons. The summed E-state index contributed by atoms with van der Waals surface area (Å²) in [5.41, 5.74) is 1.14. The summed E-state index contributed by atoms with van der Waals surface area (Å²) < 4.78 is 21.8. The molecule has 0 aliphatic carbocycles. The van der Waals surface area contributed by atoms with Crippen molar-refractivity contribution in [1.82, 2.24) is 4.57 Å². The van der Waals surface area contributed by atoms with Crippen LogP contribution in [0.4, 0.5) is 4.39 Å². The van der Waals surface area contributed by atoms with Crippen molar-refractivity contribution in [2.45, 2.75) is 13.5 Å². The molecule has 4 nitrogen and oxygen atoms in total. The highest BCUT2D eigenvalue weighted by Crippen LogP contribution is 2.29. The van der Waals surface area contributed by atoms with Gasteiger partial charge in [0.25, 0.3) is 5.91 Å². The van der Waals surface area contributed by atoms with Crippen LogP contribution in [0.25, 0.3) is 21.0 Å². The molecule has 0 saturated heterocycles. The standard InChI is InChI=1S/C23H17FN2O2S/c1-3-13-26-18-11-10-16(24)14-20(18)29-23(26)25-22(27)21-17-8-6-5-7-15(17)9-12-19(21)28-4-2/h1,5-12,14H,4,13H2,2H3. The van der Waals surface area contributed by atoms with Gasteiger partial charge in [-0.1, -0.05) is 47.6 Å². The zero-order chi connectivity index (χ0) is 20.4. The van der Waals surface area contributed by atoms with Gasteiger partial charge in [0.1, 0.15) is 11.6 Å². The van der Waals surface area contributed by atoms with Crippen LogP contribution in [0, 0.1) is 18.2 Å². The minimum Gasteiger partial charge on any atom is -0.493 e. The fourth-order valence-corrected chi connectivity index (χ4v) is 4.32. The Balaban J connectivity index is 1.95. The van der Waals surface area contributed by atoms with E-state index in [-0.39, 0.29) is 12.4 Å². The third kappa shape index (κ3) is 3.53. The Bertz CT molecular complexity index is 1340. The molecule has 3 aromatic carbocycles. The van der Waals surface area contributed by atoms with Gasteiger partial charge in [-0.2, -0.15) is 4.99 Å². The molecule has 0 fully saturated rings. The number of ether oxygens (including phenoxy) is 1. The van der Waals surface area contributed by atoms with Gasteiger partial charge in [-0.25, -0.2) is 4.39 Å². The average molecular weight is 404 g/mol. The average Bonchev–Trinajstić information content (AvgIpc) is 3.04. The van der Waals surface area contributed by atoms with Crippen LogP contribution < -0.4 is 9.54 Å². The van der Waals surface area contributed by atoms with Crippen LogP contribution in [0.5, 0.6) is 5.75 Å². The van der Waals surface area contributed by atoms with E-state index >= 15 is 0 Å². The summed E-state index contributed by atoms with van der Waals surface area (Å²) in [6.07, 6.45) is 5.50. The van der Waals surface area contributed by atoms with Crippen LogP contribution in [0.1, 0.15) is 17.3 Å². The molecule has 29 heavy (non-hydrogen) atoms. The lowest BCUT2D eigenvalue weighted by molar-refractivity contribution is 0.0996. The van der Waals surface area contributed by atoms with Crippen molar-refractivity contribution in [2.24, 2.45) is 4.99 Å². The first-order valence-electron chi connectivity index (χ1n) is 9.08. The normalized spacial score (nSPS) is 11.7. The molecule has 0 atom stereocenters. The molecule has 6 heteroatoms. The molecule has 0 saturated carbocycles. The van der Waals surface area contributed by atoms with Gasteiger partial charge < -0.3 is 9.30 Å². The number of hydrogen-bond acceptors (Lipinski definition) is 3. The second-order valence-electron chi connectivity index (χ2n) is 6.30. The molecule has 144 valence electrons. The van der Waals surface area contributed by atoms with Gasteiger partial charge in [0.05, 0.1) is 28.9 Å². The van der Waals surface area contributed by atoms with Gasteiger partial charge >= 0.3 is 0 Å². The molecule has 4 aromatic rings. The highest BCUT2D eigenvalue weighted by Gasteiger charge is 2.17. The number of rotatable bonds is 4.